The molecule has 0 radical (unpaired) electrons. The Morgan fingerprint density at radius 2 is 1.88 bits per heavy atom. The highest BCUT2D eigenvalue weighted by Gasteiger charge is 2.27. The average molecular weight is 344 g/mol. The minimum Gasteiger partial charge on any atom is -0.299 e. The molecule has 0 fully saturated rings. The van der Waals surface area contributed by atoms with E-state index in [1.807, 2.05) is 12.1 Å². The zero-order chi connectivity index (χ0) is 17.2. The Bertz CT molecular complexity index is 803. The molecule has 0 amide bonds. The van der Waals surface area contributed by atoms with E-state index < -0.39 is 10.0 Å². The Hall–Kier alpha value is -1.69. The molecule has 0 spiro atoms. The maximum Gasteiger partial charge on any atom is 0.240 e. The van der Waals surface area contributed by atoms with E-state index in [0.717, 1.165) is 36.9 Å². The Morgan fingerprint density at radius 3 is 2.58 bits per heavy atom. The Morgan fingerprint density at radius 1 is 1.12 bits per heavy atom. The number of nitrogens with one attached hydrogen (secondary N) is 1. The predicted molar refractivity (Wildman–Crippen MR) is 96.4 cm³/mol. The summed E-state index contributed by atoms with van der Waals surface area (Å²) in [5, 5.41) is 0. The van der Waals surface area contributed by atoms with Crippen LogP contribution in [0.4, 0.5) is 0 Å². The molecule has 1 N–H and O–H groups in total. The van der Waals surface area contributed by atoms with Crippen LogP contribution in [0.1, 0.15) is 23.1 Å². The van der Waals surface area contributed by atoms with Gasteiger partial charge in [-0.25, -0.2) is 13.1 Å². The second kappa shape index (κ2) is 7.05. The number of hydrogen-bond acceptors (Lipinski definition) is 3. The van der Waals surface area contributed by atoms with Crippen LogP contribution in [0, 0.1) is 0 Å². The highest BCUT2D eigenvalue weighted by Crippen LogP contribution is 2.29. The van der Waals surface area contributed by atoms with Crippen LogP contribution >= 0.6 is 0 Å². The topological polar surface area (TPSA) is 49.4 Å². The van der Waals surface area contributed by atoms with Gasteiger partial charge < -0.3 is 0 Å². The normalized spacial score (nSPS) is 17.7. The van der Waals surface area contributed by atoms with E-state index in [2.05, 4.69) is 47.0 Å². The van der Waals surface area contributed by atoms with E-state index in [1.54, 1.807) is 6.07 Å². The first-order valence-corrected chi connectivity index (χ1v) is 9.78. The molecule has 1 atom stereocenters. The van der Waals surface area contributed by atoms with Crippen LogP contribution < -0.4 is 4.72 Å². The van der Waals surface area contributed by atoms with E-state index in [0.29, 0.717) is 10.9 Å². The molecular weight excluding hydrogens is 320 g/mol. The van der Waals surface area contributed by atoms with E-state index >= 15 is 0 Å². The minimum absolute atomic E-state index is 0.353. The second-order valence-corrected chi connectivity index (χ2v) is 8.25. The fourth-order valence-corrected chi connectivity index (χ4v) is 4.49. The van der Waals surface area contributed by atoms with Crippen LogP contribution in [0.15, 0.2) is 53.4 Å². The number of fused-ring (bicyclic) bond motifs is 1. The standard InChI is InChI=1S/C19H24N2O2S/c1-20-24(22,23)19-10-6-9-16-11-12-17(13-18(16)19)21(2)14-15-7-4-3-5-8-15/h3-10,17,20H,11-14H2,1-2H3. The number of benzene rings is 2. The lowest BCUT2D eigenvalue weighted by Gasteiger charge is -2.33. The lowest BCUT2D eigenvalue weighted by atomic mass is 9.87. The Kier molecular flexibility index (Phi) is 5.04. The highest BCUT2D eigenvalue weighted by molar-refractivity contribution is 7.89. The van der Waals surface area contributed by atoms with Crippen molar-refractivity contribution in [3.05, 3.63) is 65.2 Å². The molecule has 1 unspecified atom stereocenters. The summed E-state index contributed by atoms with van der Waals surface area (Å²) in [5.74, 6) is 0. The molecule has 4 nitrogen and oxygen atoms in total. The molecule has 2 aromatic carbocycles. The van der Waals surface area contributed by atoms with Gasteiger partial charge in [-0.15, -0.1) is 0 Å². The molecule has 0 saturated carbocycles. The zero-order valence-electron chi connectivity index (χ0n) is 14.2. The number of likely N-dealkylation sites (N-methyl/N-ethyl adjacent to an activating group) is 1. The van der Waals surface area contributed by atoms with E-state index in [-0.39, 0.29) is 0 Å². The van der Waals surface area contributed by atoms with Gasteiger partial charge in [0.1, 0.15) is 0 Å². The molecule has 1 aliphatic rings. The summed E-state index contributed by atoms with van der Waals surface area (Å²) in [5.41, 5.74) is 3.42. The smallest absolute Gasteiger partial charge is 0.240 e. The number of sulfonamides is 1. The van der Waals surface area contributed by atoms with Crippen molar-refractivity contribution in [2.45, 2.75) is 36.7 Å². The largest absolute Gasteiger partial charge is 0.299 e. The van der Waals surface area contributed by atoms with Gasteiger partial charge in [-0.05, 0) is 56.1 Å². The summed E-state index contributed by atoms with van der Waals surface area (Å²) in [6.07, 6.45) is 2.75. The number of rotatable bonds is 5. The van der Waals surface area contributed by atoms with Crippen molar-refractivity contribution >= 4 is 10.0 Å². The van der Waals surface area contributed by atoms with Crippen LogP contribution in [0.2, 0.25) is 0 Å². The molecule has 24 heavy (non-hydrogen) atoms. The third-order valence-electron chi connectivity index (χ3n) is 4.87. The first-order valence-electron chi connectivity index (χ1n) is 8.30. The van der Waals surface area contributed by atoms with Gasteiger partial charge in [0.2, 0.25) is 10.0 Å². The molecule has 0 heterocycles. The molecule has 0 bridgehead atoms. The van der Waals surface area contributed by atoms with Crippen LogP contribution in [0.25, 0.3) is 0 Å². The zero-order valence-corrected chi connectivity index (χ0v) is 15.0. The molecule has 0 aliphatic heterocycles. The van der Waals surface area contributed by atoms with Crippen molar-refractivity contribution < 1.29 is 8.42 Å². The molecule has 2 aromatic rings. The summed E-state index contributed by atoms with van der Waals surface area (Å²) >= 11 is 0. The van der Waals surface area contributed by atoms with Crippen LogP contribution in [0.5, 0.6) is 0 Å². The lowest BCUT2D eigenvalue weighted by Crippen LogP contribution is -2.37. The summed E-state index contributed by atoms with van der Waals surface area (Å²) in [6, 6.07) is 16.3. The highest BCUT2D eigenvalue weighted by atomic mass is 32.2. The summed E-state index contributed by atoms with van der Waals surface area (Å²) < 4.78 is 27.1. The molecule has 128 valence electrons. The molecule has 0 aromatic heterocycles. The van der Waals surface area contributed by atoms with Crippen LogP contribution in [-0.4, -0.2) is 33.5 Å². The van der Waals surface area contributed by atoms with Gasteiger partial charge in [-0.3, -0.25) is 4.90 Å². The van der Waals surface area contributed by atoms with Crippen molar-refractivity contribution in [2.75, 3.05) is 14.1 Å². The number of nitrogens with zero attached hydrogens (tertiary/aromatic N) is 1. The maximum absolute atomic E-state index is 12.3. The molecular formula is C19H24N2O2S. The van der Waals surface area contributed by atoms with E-state index in [4.69, 9.17) is 0 Å². The second-order valence-electron chi connectivity index (χ2n) is 6.40. The fourth-order valence-electron chi connectivity index (χ4n) is 3.48. The van der Waals surface area contributed by atoms with E-state index in [1.165, 1.54) is 12.6 Å². The van der Waals surface area contributed by atoms with Gasteiger partial charge in [0.15, 0.2) is 0 Å². The Balaban J connectivity index is 1.83. The minimum atomic E-state index is -3.42. The quantitative estimate of drug-likeness (QED) is 0.907. The van der Waals surface area contributed by atoms with Crippen molar-refractivity contribution in [1.82, 2.24) is 9.62 Å². The predicted octanol–water partition coefficient (Wildman–Crippen LogP) is 2.58. The maximum atomic E-state index is 12.3. The first kappa shape index (κ1) is 17.1. The summed E-state index contributed by atoms with van der Waals surface area (Å²) in [6.45, 7) is 0.877. The first-order chi connectivity index (χ1) is 11.5. The third-order valence-corrected chi connectivity index (χ3v) is 6.37. The van der Waals surface area contributed by atoms with Crippen molar-refractivity contribution in [2.24, 2.45) is 0 Å². The van der Waals surface area contributed by atoms with Crippen LogP contribution in [-0.2, 0) is 29.4 Å². The lowest BCUT2D eigenvalue weighted by molar-refractivity contribution is 0.213. The van der Waals surface area contributed by atoms with Gasteiger partial charge in [0, 0.05) is 12.6 Å². The van der Waals surface area contributed by atoms with Gasteiger partial charge in [-0.1, -0.05) is 42.5 Å². The van der Waals surface area contributed by atoms with Crippen LogP contribution in [0.3, 0.4) is 0 Å². The average Bonchev–Trinajstić information content (AvgIpc) is 2.61. The van der Waals surface area contributed by atoms with Gasteiger partial charge in [-0.2, -0.15) is 0 Å². The van der Waals surface area contributed by atoms with E-state index in [9.17, 15) is 8.42 Å². The monoisotopic (exact) mass is 344 g/mol. The molecule has 5 heteroatoms. The molecule has 3 rings (SSSR count). The third kappa shape index (κ3) is 3.53. The van der Waals surface area contributed by atoms with Crippen molar-refractivity contribution in [3.63, 3.8) is 0 Å². The van der Waals surface area contributed by atoms with Gasteiger partial charge in [0.25, 0.3) is 0 Å². The fraction of sp³-hybridized carbons (Fsp3) is 0.368. The molecule has 0 saturated heterocycles. The van der Waals surface area contributed by atoms with Gasteiger partial charge in [0.05, 0.1) is 4.90 Å². The SMILES string of the molecule is CNS(=O)(=O)c1cccc2c1CC(N(C)Cc1ccccc1)CC2. The molecule has 1 aliphatic carbocycles. The van der Waals surface area contributed by atoms with Crippen molar-refractivity contribution in [3.8, 4) is 0 Å². The summed E-state index contributed by atoms with van der Waals surface area (Å²) in [4.78, 5) is 2.77. The number of aryl methyl sites for hydroxylation is 1. The van der Waals surface area contributed by atoms with Crippen molar-refractivity contribution in [1.29, 1.82) is 0 Å². The number of hydrogen-bond donors (Lipinski definition) is 1. The Labute approximate surface area is 144 Å². The summed E-state index contributed by atoms with van der Waals surface area (Å²) in [7, 11) is 0.175. The van der Waals surface area contributed by atoms with Gasteiger partial charge >= 0.3 is 0 Å².